The molecule has 1 fully saturated rings. The summed E-state index contributed by atoms with van der Waals surface area (Å²) in [4.78, 5) is 11.3. The normalized spacial score (nSPS) is 15.3. The Bertz CT molecular complexity index is 537. The average molecular weight is 255 g/mol. The van der Waals surface area contributed by atoms with Crippen LogP contribution in [0.2, 0.25) is 0 Å². The lowest BCUT2D eigenvalue weighted by Gasteiger charge is -2.09. The van der Waals surface area contributed by atoms with Crippen molar-refractivity contribution in [2.75, 3.05) is 5.73 Å². The van der Waals surface area contributed by atoms with Crippen molar-refractivity contribution < 1.29 is 13.2 Å². The van der Waals surface area contributed by atoms with E-state index in [2.05, 4.69) is 5.32 Å². The summed E-state index contributed by atoms with van der Waals surface area (Å²) in [5, 5.41) is 2.53. The van der Waals surface area contributed by atoms with Gasteiger partial charge in [-0.1, -0.05) is 12.1 Å². The molecule has 1 saturated carbocycles. The molecule has 0 radical (unpaired) electrons. The van der Waals surface area contributed by atoms with E-state index in [0.717, 1.165) is 12.8 Å². The second-order valence-corrected chi connectivity index (χ2v) is 5.54. The molecule has 2 amide bonds. The summed E-state index contributed by atoms with van der Waals surface area (Å²) in [6, 6.07) is 5.37. The molecular weight excluding hydrogens is 242 g/mol. The van der Waals surface area contributed by atoms with E-state index in [4.69, 9.17) is 5.73 Å². The zero-order valence-electron chi connectivity index (χ0n) is 9.01. The number of nitrogen functional groups attached to an aromatic ring is 1. The molecule has 1 aromatic rings. The molecule has 4 N–H and O–H groups in total. The van der Waals surface area contributed by atoms with Crippen molar-refractivity contribution >= 4 is 21.7 Å². The number of para-hydroxylation sites is 1. The molecule has 7 heteroatoms. The zero-order chi connectivity index (χ0) is 12.5. The first-order valence-corrected chi connectivity index (χ1v) is 6.65. The summed E-state index contributed by atoms with van der Waals surface area (Å²) in [6.07, 6.45) is 1.78. The fourth-order valence-electron chi connectivity index (χ4n) is 1.34. The van der Waals surface area contributed by atoms with Crippen LogP contribution in [-0.2, 0) is 10.0 Å². The van der Waals surface area contributed by atoms with Crippen molar-refractivity contribution in [2.45, 2.75) is 23.8 Å². The van der Waals surface area contributed by atoms with Crippen LogP contribution in [0.3, 0.4) is 0 Å². The molecule has 2 rings (SSSR count). The highest BCUT2D eigenvalue weighted by Gasteiger charge is 2.26. The summed E-state index contributed by atoms with van der Waals surface area (Å²) in [5.74, 6) is 0. The highest BCUT2D eigenvalue weighted by Crippen LogP contribution is 2.19. The van der Waals surface area contributed by atoms with Crippen LogP contribution in [0.5, 0.6) is 0 Å². The van der Waals surface area contributed by atoms with Crippen LogP contribution in [0.15, 0.2) is 29.2 Å². The molecule has 0 aliphatic heterocycles. The van der Waals surface area contributed by atoms with Crippen molar-refractivity contribution in [1.29, 1.82) is 0 Å². The van der Waals surface area contributed by atoms with Gasteiger partial charge in [0, 0.05) is 6.04 Å². The second-order valence-electron chi connectivity index (χ2n) is 3.89. The molecule has 0 bridgehead atoms. The zero-order valence-corrected chi connectivity index (χ0v) is 9.83. The monoisotopic (exact) mass is 255 g/mol. The third-order valence-corrected chi connectivity index (χ3v) is 3.75. The fraction of sp³-hybridized carbons (Fsp3) is 0.300. The van der Waals surface area contributed by atoms with E-state index in [1.807, 2.05) is 4.72 Å². The maximum absolute atomic E-state index is 11.8. The van der Waals surface area contributed by atoms with Gasteiger partial charge in [-0.3, -0.25) is 0 Å². The van der Waals surface area contributed by atoms with Crippen LogP contribution in [0.1, 0.15) is 12.8 Å². The van der Waals surface area contributed by atoms with Crippen LogP contribution in [0, 0.1) is 0 Å². The van der Waals surface area contributed by atoms with Gasteiger partial charge in [0.25, 0.3) is 10.0 Å². The lowest BCUT2D eigenvalue weighted by atomic mass is 10.3. The third kappa shape index (κ3) is 2.88. The van der Waals surface area contributed by atoms with E-state index < -0.39 is 16.1 Å². The van der Waals surface area contributed by atoms with Crippen molar-refractivity contribution in [1.82, 2.24) is 10.0 Å². The minimum absolute atomic E-state index is 0.0917. The molecule has 0 saturated heterocycles. The van der Waals surface area contributed by atoms with Gasteiger partial charge in [-0.15, -0.1) is 0 Å². The topological polar surface area (TPSA) is 101 Å². The first kappa shape index (κ1) is 11.7. The quantitative estimate of drug-likeness (QED) is 0.681. The van der Waals surface area contributed by atoms with Crippen LogP contribution < -0.4 is 15.8 Å². The molecule has 0 unspecified atom stereocenters. The predicted octanol–water partition coefficient (Wildman–Crippen LogP) is 0.419. The maximum Gasteiger partial charge on any atom is 0.328 e. The molecule has 17 heavy (non-hydrogen) atoms. The third-order valence-electron chi connectivity index (χ3n) is 2.35. The van der Waals surface area contributed by atoms with Crippen LogP contribution in [-0.4, -0.2) is 20.5 Å². The Morgan fingerprint density at radius 1 is 1.29 bits per heavy atom. The summed E-state index contributed by atoms with van der Waals surface area (Å²) in [6.45, 7) is 0. The van der Waals surface area contributed by atoms with Gasteiger partial charge in [-0.2, -0.15) is 0 Å². The van der Waals surface area contributed by atoms with Crippen molar-refractivity contribution in [3.05, 3.63) is 24.3 Å². The van der Waals surface area contributed by atoms with E-state index in [-0.39, 0.29) is 16.6 Å². The number of hydrogen-bond acceptors (Lipinski definition) is 4. The van der Waals surface area contributed by atoms with E-state index in [9.17, 15) is 13.2 Å². The number of carbonyl (C=O) groups is 1. The molecule has 1 aliphatic carbocycles. The van der Waals surface area contributed by atoms with Gasteiger partial charge >= 0.3 is 6.03 Å². The van der Waals surface area contributed by atoms with Gasteiger partial charge in [0.1, 0.15) is 4.90 Å². The first-order valence-electron chi connectivity index (χ1n) is 5.17. The van der Waals surface area contributed by atoms with E-state index in [1.165, 1.54) is 12.1 Å². The van der Waals surface area contributed by atoms with Crippen LogP contribution >= 0.6 is 0 Å². The second kappa shape index (κ2) is 4.25. The summed E-state index contributed by atoms with van der Waals surface area (Å²) in [5.41, 5.74) is 5.66. The molecule has 0 aromatic heterocycles. The molecule has 1 aliphatic rings. The number of sulfonamides is 1. The molecule has 0 heterocycles. The highest BCUT2D eigenvalue weighted by atomic mass is 32.2. The Balaban J connectivity index is 2.13. The summed E-state index contributed by atoms with van der Waals surface area (Å²) in [7, 11) is -3.90. The number of rotatable bonds is 3. The molecule has 1 aromatic carbocycles. The van der Waals surface area contributed by atoms with Crippen LogP contribution in [0.25, 0.3) is 0 Å². The molecule has 0 spiro atoms. The number of hydrogen-bond donors (Lipinski definition) is 3. The van der Waals surface area contributed by atoms with E-state index >= 15 is 0 Å². The number of anilines is 1. The standard InChI is InChI=1S/C10H13N3O3S/c11-8-3-1-2-4-9(8)17(15,16)13-10(14)12-7-5-6-7/h1-4,7H,5-6,11H2,(H2,12,13,14). The van der Waals surface area contributed by atoms with Gasteiger partial charge in [0.05, 0.1) is 5.69 Å². The van der Waals surface area contributed by atoms with Crippen molar-refractivity contribution in [3.63, 3.8) is 0 Å². The Morgan fingerprint density at radius 2 is 1.94 bits per heavy atom. The number of carbonyl (C=O) groups excluding carboxylic acids is 1. The minimum atomic E-state index is -3.90. The van der Waals surface area contributed by atoms with E-state index in [0.29, 0.717) is 0 Å². The largest absolute Gasteiger partial charge is 0.398 e. The SMILES string of the molecule is Nc1ccccc1S(=O)(=O)NC(=O)NC1CC1. The lowest BCUT2D eigenvalue weighted by molar-refractivity contribution is 0.245. The Hall–Kier alpha value is -1.76. The van der Waals surface area contributed by atoms with Gasteiger partial charge in [-0.25, -0.2) is 17.9 Å². The van der Waals surface area contributed by atoms with Gasteiger partial charge < -0.3 is 11.1 Å². The first-order chi connectivity index (χ1) is 7.99. The highest BCUT2D eigenvalue weighted by molar-refractivity contribution is 7.90. The molecular formula is C10H13N3O3S. The summed E-state index contributed by atoms with van der Waals surface area (Å²) < 4.78 is 25.6. The van der Waals surface area contributed by atoms with E-state index in [1.54, 1.807) is 12.1 Å². The fourth-order valence-corrected chi connectivity index (χ4v) is 2.39. The smallest absolute Gasteiger partial charge is 0.328 e. The number of urea groups is 1. The molecule has 0 atom stereocenters. The van der Waals surface area contributed by atoms with Crippen molar-refractivity contribution in [3.8, 4) is 0 Å². The Morgan fingerprint density at radius 3 is 2.53 bits per heavy atom. The number of amides is 2. The van der Waals surface area contributed by atoms with Crippen LogP contribution in [0.4, 0.5) is 10.5 Å². The number of nitrogens with two attached hydrogens (primary N) is 1. The van der Waals surface area contributed by atoms with Gasteiger partial charge in [-0.05, 0) is 25.0 Å². The maximum atomic E-state index is 11.8. The average Bonchev–Trinajstić information content (AvgIpc) is 3.00. The minimum Gasteiger partial charge on any atom is -0.398 e. The molecule has 6 nitrogen and oxygen atoms in total. The van der Waals surface area contributed by atoms with Gasteiger partial charge in [0.15, 0.2) is 0 Å². The van der Waals surface area contributed by atoms with Crippen molar-refractivity contribution in [2.24, 2.45) is 0 Å². The number of nitrogens with one attached hydrogen (secondary N) is 2. The number of benzene rings is 1. The summed E-state index contributed by atoms with van der Waals surface area (Å²) >= 11 is 0. The predicted molar refractivity (Wildman–Crippen MR) is 62.7 cm³/mol. The molecule has 92 valence electrons. The Labute approximate surface area is 99.2 Å². The van der Waals surface area contributed by atoms with Gasteiger partial charge in [0.2, 0.25) is 0 Å². The lowest BCUT2D eigenvalue weighted by Crippen LogP contribution is -2.40. The Kier molecular flexibility index (Phi) is 2.93.